The second-order valence-electron chi connectivity index (χ2n) is 6.03. The molecule has 112 valence electrons. The summed E-state index contributed by atoms with van der Waals surface area (Å²) in [6.45, 7) is 8.42. The van der Waals surface area contributed by atoms with E-state index in [-0.39, 0.29) is 24.0 Å². The molecule has 1 rings (SSSR count). The molecule has 0 aromatic carbocycles. The van der Waals surface area contributed by atoms with Crippen LogP contribution in [-0.4, -0.2) is 47.7 Å². The maximum atomic E-state index is 11.9. The lowest BCUT2D eigenvalue weighted by molar-refractivity contribution is -0.123. The van der Waals surface area contributed by atoms with Gasteiger partial charge in [0.2, 0.25) is 5.91 Å². The van der Waals surface area contributed by atoms with E-state index in [1.165, 1.54) is 19.3 Å². The minimum Gasteiger partial charge on any atom is -0.393 e. The summed E-state index contributed by atoms with van der Waals surface area (Å²) in [6.07, 6.45) is 5.28. The molecular weight excluding hydrogens is 240 g/mol. The molecule has 1 aliphatic rings. The highest BCUT2D eigenvalue weighted by molar-refractivity contribution is 5.78. The second-order valence-corrected chi connectivity index (χ2v) is 6.03. The number of aliphatic hydroxyl groups is 1. The highest BCUT2D eigenvalue weighted by atomic mass is 16.3. The van der Waals surface area contributed by atoms with Gasteiger partial charge in [-0.1, -0.05) is 33.1 Å². The highest BCUT2D eigenvalue weighted by Gasteiger charge is 2.25. The van der Waals surface area contributed by atoms with E-state index in [9.17, 15) is 9.90 Å². The maximum Gasteiger partial charge on any atom is 0.234 e. The lowest BCUT2D eigenvalue weighted by atomic mass is 9.97. The standard InChI is InChI=1S/C15H30N2O2/c1-4-5-6-7-13(3)16-15(19)11-17-9-8-14(18)12(2)10-17/h12-14,18H,4-11H2,1-3H3,(H,16,19). The molecule has 0 aromatic rings. The Morgan fingerprint density at radius 2 is 2.21 bits per heavy atom. The fourth-order valence-corrected chi connectivity index (χ4v) is 2.66. The summed E-state index contributed by atoms with van der Waals surface area (Å²) in [5.41, 5.74) is 0. The zero-order valence-electron chi connectivity index (χ0n) is 12.7. The molecular formula is C15H30N2O2. The van der Waals surface area contributed by atoms with Crippen molar-refractivity contribution in [3.8, 4) is 0 Å². The number of carbonyl (C=O) groups excluding carboxylic acids is 1. The molecule has 1 heterocycles. The summed E-state index contributed by atoms with van der Waals surface area (Å²) < 4.78 is 0. The number of piperidine rings is 1. The van der Waals surface area contributed by atoms with Gasteiger partial charge < -0.3 is 10.4 Å². The second kappa shape index (κ2) is 8.54. The summed E-state index contributed by atoms with van der Waals surface area (Å²) in [5, 5.41) is 12.7. The number of hydrogen-bond donors (Lipinski definition) is 2. The molecule has 1 fully saturated rings. The lowest BCUT2D eigenvalue weighted by Gasteiger charge is -2.34. The molecule has 19 heavy (non-hydrogen) atoms. The first-order valence-electron chi connectivity index (χ1n) is 7.72. The molecule has 1 aliphatic heterocycles. The van der Waals surface area contributed by atoms with Gasteiger partial charge in [0.25, 0.3) is 0 Å². The molecule has 0 aromatic heterocycles. The maximum absolute atomic E-state index is 11.9. The average Bonchev–Trinajstić information content (AvgIpc) is 2.34. The Balaban J connectivity index is 2.20. The minimum atomic E-state index is -0.202. The van der Waals surface area contributed by atoms with E-state index in [4.69, 9.17) is 0 Å². The number of carbonyl (C=O) groups is 1. The van der Waals surface area contributed by atoms with E-state index in [0.717, 1.165) is 25.9 Å². The first-order valence-corrected chi connectivity index (χ1v) is 7.72. The van der Waals surface area contributed by atoms with Crippen LogP contribution < -0.4 is 5.32 Å². The first kappa shape index (κ1) is 16.4. The zero-order valence-corrected chi connectivity index (χ0v) is 12.7. The highest BCUT2D eigenvalue weighted by Crippen LogP contribution is 2.15. The smallest absolute Gasteiger partial charge is 0.234 e. The van der Waals surface area contributed by atoms with E-state index in [2.05, 4.69) is 24.1 Å². The van der Waals surface area contributed by atoms with Crippen LogP contribution in [0, 0.1) is 5.92 Å². The van der Waals surface area contributed by atoms with Crippen LogP contribution in [0.4, 0.5) is 0 Å². The molecule has 3 unspecified atom stereocenters. The number of unbranched alkanes of at least 4 members (excludes halogenated alkanes) is 2. The number of nitrogens with one attached hydrogen (secondary N) is 1. The summed E-state index contributed by atoms with van der Waals surface area (Å²) in [5.74, 6) is 0.385. The van der Waals surface area contributed by atoms with Gasteiger partial charge in [0, 0.05) is 19.1 Å². The number of aliphatic hydroxyl groups excluding tert-OH is 1. The van der Waals surface area contributed by atoms with Crippen molar-refractivity contribution in [3.05, 3.63) is 0 Å². The van der Waals surface area contributed by atoms with E-state index < -0.39 is 0 Å². The Morgan fingerprint density at radius 1 is 1.47 bits per heavy atom. The molecule has 0 saturated carbocycles. The third-order valence-electron chi connectivity index (χ3n) is 3.96. The van der Waals surface area contributed by atoms with Gasteiger partial charge in [0.05, 0.1) is 12.6 Å². The number of amides is 1. The SMILES string of the molecule is CCCCCC(C)NC(=O)CN1CCC(O)C(C)C1. The van der Waals surface area contributed by atoms with Gasteiger partial charge in [-0.15, -0.1) is 0 Å². The van der Waals surface area contributed by atoms with Gasteiger partial charge >= 0.3 is 0 Å². The number of likely N-dealkylation sites (tertiary alicyclic amines) is 1. The monoisotopic (exact) mass is 270 g/mol. The summed E-state index contributed by atoms with van der Waals surface area (Å²) in [4.78, 5) is 14.1. The van der Waals surface area contributed by atoms with Crippen molar-refractivity contribution in [2.45, 2.75) is 65.0 Å². The molecule has 1 saturated heterocycles. The summed E-state index contributed by atoms with van der Waals surface area (Å²) in [6, 6.07) is 0.270. The summed E-state index contributed by atoms with van der Waals surface area (Å²) >= 11 is 0. The predicted molar refractivity (Wildman–Crippen MR) is 78.0 cm³/mol. The van der Waals surface area contributed by atoms with Crippen LogP contribution in [0.3, 0.4) is 0 Å². The quantitative estimate of drug-likeness (QED) is 0.693. The normalized spacial score (nSPS) is 26.1. The topological polar surface area (TPSA) is 52.6 Å². The molecule has 3 atom stereocenters. The first-order chi connectivity index (χ1) is 9.02. The van der Waals surface area contributed by atoms with E-state index in [1.54, 1.807) is 0 Å². The molecule has 2 N–H and O–H groups in total. The Labute approximate surface area is 117 Å². The van der Waals surface area contributed by atoms with Crippen LogP contribution in [0.1, 0.15) is 52.9 Å². The van der Waals surface area contributed by atoms with E-state index in [0.29, 0.717) is 6.54 Å². The molecule has 4 nitrogen and oxygen atoms in total. The van der Waals surface area contributed by atoms with Crippen molar-refractivity contribution < 1.29 is 9.90 Å². The molecule has 1 amide bonds. The Bertz CT molecular complexity index is 271. The lowest BCUT2D eigenvalue weighted by Crippen LogP contribution is -2.47. The number of hydrogen-bond acceptors (Lipinski definition) is 3. The Morgan fingerprint density at radius 3 is 2.84 bits per heavy atom. The predicted octanol–water partition coefficient (Wildman–Crippen LogP) is 1.77. The van der Waals surface area contributed by atoms with Crippen molar-refractivity contribution >= 4 is 5.91 Å². The van der Waals surface area contributed by atoms with Gasteiger partial charge in [0.15, 0.2) is 0 Å². The molecule has 0 aliphatic carbocycles. The van der Waals surface area contributed by atoms with Gasteiger partial charge in [-0.25, -0.2) is 0 Å². The number of rotatable bonds is 7. The van der Waals surface area contributed by atoms with Crippen LogP contribution in [0.5, 0.6) is 0 Å². The van der Waals surface area contributed by atoms with Crippen LogP contribution in [0.15, 0.2) is 0 Å². The Kier molecular flexibility index (Phi) is 7.39. The molecule has 4 heteroatoms. The van der Waals surface area contributed by atoms with Crippen molar-refractivity contribution in [2.75, 3.05) is 19.6 Å². The van der Waals surface area contributed by atoms with Crippen molar-refractivity contribution in [1.82, 2.24) is 10.2 Å². The van der Waals surface area contributed by atoms with Gasteiger partial charge in [0.1, 0.15) is 0 Å². The zero-order chi connectivity index (χ0) is 14.3. The fraction of sp³-hybridized carbons (Fsp3) is 0.933. The average molecular weight is 270 g/mol. The van der Waals surface area contributed by atoms with Crippen molar-refractivity contribution in [2.24, 2.45) is 5.92 Å². The molecule has 0 bridgehead atoms. The van der Waals surface area contributed by atoms with Crippen LogP contribution in [-0.2, 0) is 4.79 Å². The molecule has 0 spiro atoms. The largest absolute Gasteiger partial charge is 0.393 e. The number of nitrogens with zero attached hydrogens (tertiary/aromatic N) is 1. The third-order valence-corrected chi connectivity index (χ3v) is 3.96. The van der Waals surface area contributed by atoms with Crippen molar-refractivity contribution in [3.63, 3.8) is 0 Å². The fourth-order valence-electron chi connectivity index (χ4n) is 2.66. The van der Waals surface area contributed by atoms with Crippen LogP contribution in [0.25, 0.3) is 0 Å². The van der Waals surface area contributed by atoms with E-state index >= 15 is 0 Å². The Hall–Kier alpha value is -0.610. The third kappa shape index (κ3) is 6.39. The molecule has 0 radical (unpaired) electrons. The van der Waals surface area contributed by atoms with Crippen LogP contribution >= 0.6 is 0 Å². The van der Waals surface area contributed by atoms with Gasteiger partial charge in [-0.2, -0.15) is 0 Å². The van der Waals surface area contributed by atoms with Crippen LogP contribution in [0.2, 0.25) is 0 Å². The minimum absolute atomic E-state index is 0.118. The van der Waals surface area contributed by atoms with Gasteiger partial charge in [-0.3, -0.25) is 9.69 Å². The van der Waals surface area contributed by atoms with Gasteiger partial charge in [-0.05, 0) is 25.7 Å². The summed E-state index contributed by atoms with van der Waals surface area (Å²) in [7, 11) is 0. The van der Waals surface area contributed by atoms with E-state index in [1.807, 2.05) is 6.92 Å². The van der Waals surface area contributed by atoms with Crippen molar-refractivity contribution in [1.29, 1.82) is 0 Å².